The van der Waals surface area contributed by atoms with E-state index in [-0.39, 0.29) is 17.0 Å². The van der Waals surface area contributed by atoms with Crippen molar-refractivity contribution in [2.24, 2.45) is 0 Å². The Morgan fingerprint density at radius 1 is 1.13 bits per heavy atom. The van der Waals surface area contributed by atoms with Crippen molar-refractivity contribution in [3.63, 3.8) is 0 Å². The van der Waals surface area contributed by atoms with Crippen LogP contribution < -0.4 is 4.74 Å². The zero-order valence-corrected chi connectivity index (χ0v) is 20.3. The van der Waals surface area contributed by atoms with Gasteiger partial charge >= 0.3 is 5.97 Å². The molecule has 2 aromatic carbocycles. The molecule has 1 N–H and O–H groups in total. The number of phenols is 1. The van der Waals surface area contributed by atoms with Crippen molar-refractivity contribution in [3.05, 3.63) is 59.2 Å². The third kappa shape index (κ3) is 7.80. The van der Waals surface area contributed by atoms with Crippen molar-refractivity contribution < 1.29 is 19.4 Å². The summed E-state index contributed by atoms with van der Waals surface area (Å²) in [6, 6.07) is 13.0. The minimum atomic E-state index is -1.68. The molecule has 5 heteroatoms. The third-order valence-electron chi connectivity index (χ3n) is 5.18. The van der Waals surface area contributed by atoms with Gasteiger partial charge in [-0.15, -0.1) is 0 Å². The monoisotopic (exact) mass is 438 g/mol. The highest BCUT2D eigenvalue weighted by molar-refractivity contribution is 6.77. The van der Waals surface area contributed by atoms with Crippen molar-refractivity contribution in [2.75, 3.05) is 0 Å². The van der Waals surface area contributed by atoms with E-state index in [0.717, 1.165) is 31.2 Å². The highest BCUT2D eigenvalue weighted by Crippen LogP contribution is 2.30. The molecule has 166 valence electrons. The van der Waals surface area contributed by atoms with Crippen molar-refractivity contribution in [1.29, 1.82) is 0 Å². The van der Waals surface area contributed by atoms with Crippen LogP contribution in [0.4, 0.5) is 0 Å². The number of carbonyl (C=O) groups is 1. The van der Waals surface area contributed by atoms with E-state index in [2.05, 4.69) is 38.4 Å². The molecule has 0 aromatic heterocycles. The first-order valence-electron chi connectivity index (χ1n) is 11.0. The lowest BCUT2D eigenvalue weighted by atomic mass is 10.1. The fourth-order valence-electron chi connectivity index (χ4n) is 2.76. The van der Waals surface area contributed by atoms with Crippen LogP contribution in [-0.2, 0) is 11.3 Å². The molecule has 0 aliphatic carbocycles. The SMILES string of the molecule is CCCCCC#Cc1cc(OCc2ccccc2)cc(O)c1C(=O)OC(C)[Si](C)(C)C. The second-order valence-corrected chi connectivity index (χ2v) is 14.4. The molecule has 0 heterocycles. The molecule has 1 unspecified atom stereocenters. The van der Waals surface area contributed by atoms with E-state index in [4.69, 9.17) is 9.47 Å². The molecular formula is C26H34O4Si. The Morgan fingerprint density at radius 3 is 2.48 bits per heavy atom. The van der Waals surface area contributed by atoms with Gasteiger partial charge < -0.3 is 14.6 Å². The summed E-state index contributed by atoms with van der Waals surface area (Å²) in [6.07, 6.45) is 3.98. The van der Waals surface area contributed by atoms with Crippen LogP contribution in [0.15, 0.2) is 42.5 Å². The van der Waals surface area contributed by atoms with Crippen LogP contribution in [0.1, 0.15) is 61.0 Å². The topological polar surface area (TPSA) is 55.8 Å². The molecule has 0 bridgehead atoms. The fraction of sp³-hybridized carbons (Fsp3) is 0.423. The Hall–Kier alpha value is -2.71. The lowest BCUT2D eigenvalue weighted by Gasteiger charge is -2.25. The molecule has 0 aliphatic rings. The van der Waals surface area contributed by atoms with E-state index in [1.165, 1.54) is 6.07 Å². The van der Waals surface area contributed by atoms with Crippen molar-refractivity contribution in [1.82, 2.24) is 0 Å². The van der Waals surface area contributed by atoms with Gasteiger partial charge in [0.25, 0.3) is 0 Å². The highest BCUT2D eigenvalue weighted by atomic mass is 28.3. The van der Waals surface area contributed by atoms with E-state index in [0.29, 0.717) is 17.9 Å². The Bertz CT molecular complexity index is 920. The summed E-state index contributed by atoms with van der Waals surface area (Å²) >= 11 is 0. The first-order valence-corrected chi connectivity index (χ1v) is 14.5. The molecule has 4 nitrogen and oxygen atoms in total. The standard InChI is InChI=1S/C26H34O4Si/c1-6-7-8-9-13-16-22-17-23(29-19-21-14-11-10-12-15-21)18-24(27)25(22)26(28)30-20(2)31(3,4)5/h10-12,14-15,17-18,20,27H,6-9,19H2,1-5H3. The Balaban J connectivity index is 2.30. The maximum Gasteiger partial charge on any atom is 0.343 e. The number of hydrogen-bond donors (Lipinski definition) is 1. The number of unbranched alkanes of at least 4 members (excludes halogenated alkanes) is 3. The molecule has 0 radical (unpaired) electrons. The fourth-order valence-corrected chi connectivity index (χ4v) is 3.22. The van der Waals surface area contributed by atoms with Crippen molar-refractivity contribution >= 4 is 14.0 Å². The van der Waals surface area contributed by atoms with Gasteiger partial charge in [0.2, 0.25) is 0 Å². The zero-order valence-electron chi connectivity index (χ0n) is 19.3. The van der Waals surface area contributed by atoms with Crippen molar-refractivity contribution in [3.8, 4) is 23.3 Å². The smallest absolute Gasteiger partial charge is 0.343 e. The highest BCUT2D eigenvalue weighted by Gasteiger charge is 2.28. The third-order valence-corrected chi connectivity index (χ3v) is 7.73. The second-order valence-electron chi connectivity index (χ2n) is 8.81. The number of rotatable bonds is 9. The summed E-state index contributed by atoms with van der Waals surface area (Å²) in [6.45, 7) is 10.8. The van der Waals surface area contributed by atoms with Gasteiger partial charge in [-0.3, -0.25) is 0 Å². The predicted octanol–water partition coefficient (Wildman–Crippen LogP) is 6.33. The molecule has 0 aliphatic heterocycles. The first-order chi connectivity index (χ1) is 14.7. The lowest BCUT2D eigenvalue weighted by Crippen LogP contribution is -2.39. The lowest BCUT2D eigenvalue weighted by molar-refractivity contribution is 0.0452. The molecular weight excluding hydrogens is 404 g/mol. The molecule has 0 saturated heterocycles. The van der Waals surface area contributed by atoms with Crippen LogP contribution in [0, 0.1) is 11.8 Å². The summed E-state index contributed by atoms with van der Waals surface area (Å²) in [5, 5.41) is 10.7. The van der Waals surface area contributed by atoms with Crippen LogP contribution in [0.5, 0.6) is 11.5 Å². The quantitative estimate of drug-likeness (QED) is 0.215. The number of esters is 1. The molecule has 0 fully saturated rings. The summed E-state index contributed by atoms with van der Waals surface area (Å²) in [4.78, 5) is 12.9. The summed E-state index contributed by atoms with van der Waals surface area (Å²) in [7, 11) is -1.68. The number of benzene rings is 2. The first kappa shape index (κ1) is 24.6. The number of aromatic hydroxyl groups is 1. The maximum atomic E-state index is 12.9. The van der Waals surface area contributed by atoms with Gasteiger partial charge in [0.15, 0.2) is 0 Å². The van der Waals surface area contributed by atoms with Gasteiger partial charge in [-0.05, 0) is 25.0 Å². The van der Waals surface area contributed by atoms with Gasteiger partial charge in [0, 0.05) is 18.1 Å². The van der Waals surface area contributed by atoms with Gasteiger partial charge in [0.1, 0.15) is 23.7 Å². The largest absolute Gasteiger partial charge is 0.507 e. The van der Waals surface area contributed by atoms with E-state index in [9.17, 15) is 9.90 Å². The maximum absolute atomic E-state index is 12.9. The van der Waals surface area contributed by atoms with Crippen LogP contribution in [0.25, 0.3) is 0 Å². The summed E-state index contributed by atoms with van der Waals surface area (Å²) in [5.41, 5.74) is 1.38. The number of carbonyl (C=O) groups excluding carboxylic acids is 1. The molecule has 0 amide bonds. The van der Waals surface area contributed by atoms with E-state index in [1.54, 1.807) is 6.07 Å². The Labute approximate surface area is 187 Å². The van der Waals surface area contributed by atoms with Gasteiger partial charge in [0.05, 0.1) is 13.8 Å². The Kier molecular flexibility index (Phi) is 9.20. The molecule has 31 heavy (non-hydrogen) atoms. The van der Waals surface area contributed by atoms with Gasteiger partial charge in [-0.25, -0.2) is 4.79 Å². The van der Waals surface area contributed by atoms with E-state index in [1.807, 2.05) is 37.3 Å². The molecule has 0 spiro atoms. The summed E-state index contributed by atoms with van der Waals surface area (Å²) in [5.74, 6) is 5.95. The number of hydrogen-bond acceptors (Lipinski definition) is 4. The molecule has 0 saturated carbocycles. The number of phenolic OH excluding ortho intramolecular Hbond substituents is 1. The van der Waals surface area contributed by atoms with Crippen molar-refractivity contribution in [2.45, 2.75) is 71.5 Å². The number of ether oxygens (including phenoxy) is 2. The van der Waals surface area contributed by atoms with Gasteiger partial charge in [-0.2, -0.15) is 0 Å². The Morgan fingerprint density at radius 2 is 1.84 bits per heavy atom. The van der Waals surface area contributed by atoms with Crippen LogP contribution in [0.2, 0.25) is 19.6 Å². The average Bonchev–Trinajstić information content (AvgIpc) is 2.71. The second kappa shape index (κ2) is 11.6. The van der Waals surface area contributed by atoms with Crippen LogP contribution in [0.3, 0.4) is 0 Å². The molecule has 2 aromatic rings. The van der Waals surface area contributed by atoms with Gasteiger partial charge in [-0.1, -0.05) is 81.6 Å². The molecule has 1 atom stereocenters. The average molecular weight is 439 g/mol. The normalized spacial score (nSPS) is 11.9. The van der Waals surface area contributed by atoms with E-state index < -0.39 is 14.0 Å². The molecule has 2 rings (SSSR count). The van der Waals surface area contributed by atoms with Crippen LogP contribution in [-0.4, -0.2) is 24.9 Å². The minimum absolute atomic E-state index is 0.111. The minimum Gasteiger partial charge on any atom is -0.507 e. The van der Waals surface area contributed by atoms with Crippen LogP contribution >= 0.6 is 0 Å². The zero-order chi connectivity index (χ0) is 22.9. The summed E-state index contributed by atoms with van der Waals surface area (Å²) < 4.78 is 11.5. The predicted molar refractivity (Wildman–Crippen MR) is 128 cm³/mol. The van der Waals surface area contributed by atoms with E-state index >= 15 is 0 Å².